The maximum atomic E-state index is 12.8. The molecule has 2 N–H and O–H groups in total. The fourth-order valence-electron chi connectivity index (χ4n) is 6.55. The summed E-state index contributed by atoms with van der Waals surface area (Å²) in [6, 6.07) is 0. The van der Waals surface area contributed by atoms with Crippen molar-refractivity contribution in [2.75, 3.05) is 26.4 Å². The van der Waals surface area contributed by atoms with Crippen molar-refractivity contribution in [2.45, 2.75) is 213 Å². The molecule has 0 rings (SSSR count). The first-order valence-corrected chi connectivity index (χ1v) is 27.6. The van der Waals surface area contributed by atoms with E-state index in [4.69, 9.17) is 23.3 Å². The van der Waals surface area contributed by atoms with Gasteiger partial charge in [-0.3, -0.25) is 23.4 Å². The Balaban J connectivity index is 4.86. The Bertz CT molecular complexity index is 1510. The number of carbonyl (C=O) groups excluding carboxylic acids is 3. The molecule has 0 aromatic carbocycles. The van der Waals surface area contributed by atoms with E-state index in [1.807, 2.05) is 12.2 Å². The summed E-state index contributed by atoms with van der Waals surface area (Å²) >= 11 is 0. The molecule has 0 amide bonds. The van der Waals surface area contributed by atoms with Gasteiger partial charge in [0.25, 0.3) is 0 Å². The molecule has 0 aliphatic carbocycles. The van der Waals surface area contributed by atoms with E-state index in [9.17, 15) is 28.9 Å². The van der Waals surface area contributed by atoms with Crippen molar-refractivity contribution in [1.82, 2.24) is 0 Å². The smallest absolute Gasteiger partial charge is 0.462 e. The molecule has 0 saturated carbocycles. The minimum atomic E-state index is -4.77. The predicted molar refractivity (Wildman–Crippen MR) is 279 cm³/mol. The minimum Gasteiger partial charge on any atom is -0.462 e. The second-order valence-corrected chi connectivity index (χ2v) is 18.4. The van der Waals surface area contributed by atoms with Crippen LogP contribution in [0.2, 0.25) is 0 Å². The van der Waals surface area contributed by atoms with Crippen LogP contribution in [-0.4, -0.2) is 66.5 Å². The molecule has 0 saturated heterocycles. The lowest BCUT2D eigenvalue weighted by atomic mass is 10.1. The number of esters is 3. The number of unbranched alkanes of at least 4 members (excludes halogenated alkanes) is 14. The molecule has 3 atom stereocenters. The summed E-state index contributed by atoms with van der Waals surface area (Å²) in [5, 5.41) is 9.77. The predicted octanol–water partition coefficient (Wildman–Crippen LogP) is 14.9. The number of phosphoric ester groups is 1. The van der Waals surface area contributed by atoms with Crippen LogP contribution in [0.4, 0.5) is 0 Å². The van der Waals surface area contributed by atoms with Crippen molar-refractivity contribution in [3.05, 3.63) is 97.2 Å². The summed E-state index contributed by atoms with van der Waals surface area (Å²) in [6.45, 7) is 4.25. The van der Waals surface area contributed by atoms with Crippen LogP contribution in [-0.2, 0) is 42.2 Å². The molecule has 0 radical (unpaired) electrons. The summed E-state index contributed by atoms with van der Waals surface area (Å²) in [6.07, 6.45) is 56.9. The van der Waals surface area contributed by atoms with Gasteiger partial charge in [-0.15, -0.1) is 0 Å². The number of ether oxygens (including phenoxy) is 3. The number of carbonyl (C=O) groups is 3. The Hall–Kier alpha value is -3.60. The maximum absolute atomic E-state index is 12.8. The van der Waals surface area contributed by atoms with E-state index < -0.39 is 57.8 Å². The molecule has 0 aromatic heterocycles. The summed E-state index contributed by atoms with van der Waals surface area (Å²) in [5.41, 5.74) is 0. The van der Waals surface area contributed by atoms with Gasteiger partial charge in [-0.25, -0.2) is 4.57 Å². The van der Waals surface area contributed by atoms with Crippen LogP contribution in [0.3, 0.4) is 0 Å². The lowest BCUT2D eigenvalue weighted by Crippen LogP contribution is -2.30. The molecule has 0 spiro atoms. The minimum absolute atomic E-state index is 0.0386. The molecule has 3 unspecified atom stereocenters. The van der Waals surface area contributed by atoms with Crippen molar-refractivity contribution >= 4 is 25.7 Å². The third-order valence-corrected chi connectivity index (χ3v) is 11.4. The monoisotopic (exact) mass is 973 g/mol. The molecule has 0 fully saturated rings. The van der Waals surface area contributed by atoms with Crippen LogP contribution < -0.4 is 0 Å². The number of rotatable bonds is 47. The highest BCUT2D eigenvalue weighted by Crippen LogP contribution is 2.43. The molecule has 68 heavy (non-hydrogen) atoms. The maximum Gasteiger partial charge on any atom is 0.472 e. The van der Waals surface area contributed by atoms with Gasteiger partial charge in [-0.05, 0) is 103 Å². The molecule has 0 bridgehead atoms. The number of phosphoric acid groups is 1. The van der Waals surface area contributed by atoms with Gasteiger partial charge in [0, 0.05) is 19.3 Å². The molecule has 12 heteroatoms. The van der Waals surface area contributed by atoms with Gasteiger partial charge in [0.1, 0.15) is 12.7 Å². The average Bonchev–Trinajstić information content (AvgIpc) is 3.32. The van der Waals surface area contributed by atoms with Gasteiger partial charge in [-0.1, -0.05) is 176 Å². The third-order valence-electron chi connectivity index (χ3n) is 10.5. The van der Waals surface area contributed by atoms with Crippen molar-refractivity contribution in [3.63, 3.8) is 0 Å². The van der Waals surface area contributed by atoms with E-state index in [-0.39, 0.29) is 25.9 Å². The third kappa shape index (κ3) is 47.5. The molecule has 11 nitrogen and oxygen atoms in total. The number of aliphatic hydroxyl groups excluding tert-OH is 1. The second-order valence-electron chi connectivity index (χ2n) is 16.9. The first-order chi connectivity index (χ1) is 33.2. The summed E-state index contributed by atoms with van der Waals surface area (Å²) < 4.78 is 39.2. The largest absolute Gasteiger partial charge is 0.472 e. The van der Waals surface area contributed by atoms with Crippen molar-refractivity contribution < 1.29 is 52.2 Å². The normalized spacial score (nSPS) is 14.2. The van der Waals surface area contributed by atoms with E-state index in [2.05, 4.69) is 106 Å². The van der Waals surface area contributed by atoms with Gasteiger partial charge < -0.3 is 24.2 Å². The Morgan fingerprint density at radius 1 is 0.426 bits per heavy atom. The lowest BCUT2D eigenvalue weighted by Gasteiger charge is -2.21. The number of hydrogen-bond acceptors (Lipinski definition) is 10. The van der Waals surface area contributed by atoms with Gasteiger partial charge >= 0.3 is 25.7 Å². The first-order valence-electron chi connectivity index (χ1n) is 26.1. The van der Waals surface area contributed by atoms with E-state index in [1.54, 1.807) is 0 Å². The van der Waals surface area contributed by atoms with Crippen LogP contribution in [0.5, 0.6) is 0 Å². The van der Waals surface area contributed by atoms with Crippen LogP contribution in [0.25, 0.3) is 0 Å². The fourth-order valence-corrected chi connectivity index (χ4v) is 7.34. The van der Waals surface area contributed by atoms with Crippen molar-refractivity contribution in [2.24, 2.45) is 0 Å². The molecule has 0 aliphatic heterocycles. The number of hydrogen-bond donors (Lipinski definition) is 2. The highest BCUT2D eigenvalue weighted by molar-refractivity contribution is 7.47. The molecule has 388 valence electrons. The average molecular weight is 973 g/mol. The highest BCUT2D eigenvalue weighted by Gasteiger charge is 2.28. The molecule has 0 aromatic rings. The Labute approximate surface area is 412 Å². The van der Waals surface area contributed by atoms with Gasteiger partial charge in [-0.2, -0.15) is 0 Å². The summed E-state index contributed by atoms with van der Waals surface area (Å²) in [7, 11) is -4.77. The Kier molecular flexibility index (Phi) is 47.2. The summed E-state index contributed by atoms with van der Waals surface area (Å²) in [4.78, 5) is 48.3. The topological polar surface area (TPSA) is 155 Å². The molecule has 0 heterocycles. The van der Waals surface area contributed by atoms with E-state index in [0.717, 1.165) is 103 Å². The van der Waals surface area contributed by atoms with Gasteiger partial charge in [0.15, 0.2) is 6.10 Å². The van der Waals surface area contributed by atoms with E-state index in [1.165, 1.54) is 38.5 Å². The SMILES string of the molecule is CC/C=C\C/C=C\C/C=C\C/C=C\CCC(=O)OC(COC(=O)CCCCCCC/C=C\CCCCCCCC)COP(=O)(O)OCC(CO)OC(=O)CCCCC/C=C\C/C=C\C/C=C\CC. The van der Waals surface area contributed by atoms with Crippen LogP contribution in [0.15, 0.2) is 97.2 Å². The molecular formula is C56H93O11P. The quantitative estimate of drug-likeness (QED) is 0.0197. The zero-order valence-electron chi connectivity index (χ0n) is 42.5. The van der Waals surface area contributed by atoms with E-state index >= 15 is 0 Å². The lowest BCUT2D eigenvalue weighted by molar-refractivity contribution is -0.161. The van der Waals surface area contributed by atoms with Gasteiger partial charge in [0.05, 0.1) is 19.8 Å². The Morgan fingerprint density at radius 3 is 1.29 bits per heavy atom. The second kappa shape index (κ2) is 49.8. The Morgan fingerprint density at radius 2 is 0.794 bits per heavy atom. The molecular weight excluding hydrogens is 880 g/mol. The first kappa shape index (κ1) is 64.4. The zero-order valence-corrected chi connectivity index (χ0v) is 43.4. The highest BCUT2D eigenvalue weighted by atomic mass is 31.2. The van der Waals surface area contributed by atoms with Crippen LogP contribution >= 0.6 is 7.82 Å². The zero-order chi connectivity index (χ0) is 49.9. The van der Waals surface area contributed by atoms with Crippen LogP contribution in [0, 0.1) is 0 Å². The van der Waals surface area contributed by atoms with Crippen molar-refractivity contribution in [3.8, 4) is 0 Å². The standard InChI is InChI=1S/C56H93O11P/c1-4-7-10-13-16-19-22-25-26-29-30-33-36-39-42-45-54(58)63-49-53(67-56(60)47-44-41-38-35-32-28-24-21-18-15-12-9-6-3)51-65-68(61,62)64-50-52(48-57)66-55(59)46-43-40-37-34-31-27-23-20-17-14-11-8-5-2/h8-9,11-12,17-18,20-21,25-28,31-32,38,41,52-53,57H,4-7,10,13-16,19,22-24,29-30,33-37,39-40,42-51H2,1-3H3,(H,61,62)/b11-8-,12-9-,20-17-,21-18-,26-25-,31-27-,32-28-,41-38-. The number of aliphatic hydroxyl groups is 1. The fraction of sp³-hybridized carbons (Fsp3) is 0.661. The van der Waals surface area contributed by atoms with Crippen molar-refractivity contribution in [1.29, 1.82) is 0 Å². The summed E-state index contributed by atoms with van der Waals surface area (Å²) in [5.74, 6) is -1.61. The molecule has 0 aliphatic rings. The number of allylic oxidation sites excluding steroid dienone is 16. The van der Waals surface area contributed by atoms with Gasteiger partial charge in [0.2, 0.25) is 0 Å². The van der Waals surface area contributed by atoms with E-state index in [0.29, 0.717) is 19.3 Å². The van der Waals surface area contributed by atoms with Crippen LogP contribution in [0.1, 0.15) is 201 Å².